The molecule has 0 spiro atoms. The molecule has 114 valence electrons. The van der Waals surface area contributed by atoms with Crippen LogP contribution in [0.25, 0.3) is 0 Å². The maximum atomic E-state index is 12.7. The second-order valence-corrected chi connectivity index (χ2v) is 6.45. The summed E-state index contributed by atoms with van der Waals surface area (Å²) in [6.07, 6.45) is 2.60. The normalized spacial score (nSPS) is 33.6. The van der Waals surface area contributed by atoms with Crippen molar-refractivity contribution < 1.29 is 15.1 Å². The summed E-state index contributed by atoms with van der Waals surface area (Å²) in [6, 6.07) is 0. The zero-order valence-corrected chi connectivity index (χ0v) is 12.2. The van der Waals surface area contributed by atoms with Crippen molar-refractivity contribution in [2.24, 2.45) is 28.1 Å². The van der Waals surface area contributed by atoms with E-state index in [4.69, 9.17) is 10.9 Å². The Balaban J connectivity index is 2.04. The number of rotatable bonds is 3. The lowest BCUT2D eigenvalue weighted by Crippen LogP contribution is -2.59. The van der Waals surface area contributed by atoms with Crippen molar-refractivity contribution in [2.45, 2.75) is 45.6 Å². The molecule has 4 N–H and O–H groups in total. The van der Waals surface area contributed by atoms with Gasteiger partial charge in [-0.2, -0.15) is 0 Å². The molecule has 0 aromatic carbocycles. The molecule has 1 atom stereocenters. The predicted octanol–water partition coefficient (Wildman–Crippen LogP) is 0.769. The first-order valence-electron chi connectivity index (χ1n) is 7.36. The zero-order chi connectivity index (χ0) is 14.9. The summed E-state index contributed by atoms with van der Waals surface area (Å²) >= 11 is 0. The van der Waals surface area contributed by atoms with Crippen LogP contribution < -0.4 is 5.73 Å². The van der Waals surface area contributed by atoms with Crippen LogP contribution in [-0.2, 0) is 4.79 Å². The molecule has 20 heavy (non-hydrogen) atoms. The van der Waals surface area contributed by atoms with Gasteiger partial charge in [-0.05, 0) is 44.4 Å². The summed E-state index contributed by atoms with van der Waals surface area (Å²) in [5.41, 5.74) is 4.97. The highest BCUT2D eigenvalue weighted by Gasteiger charge is 2.54. The van der Waals surface area contributed by atoms with E-state index in [2.05, 4.69) is 12.1 Å². The number of carbonyl (C=O) groups excluding carboxylic acids is 1. The SMILES string of the molecule is CC1CC(C(=O)N2CCC(C(C)O)CC2)(C(N)=NO)C1. The van der Waals surface area contributed by atoms with Crippen molar-refractivity contribution in [1.29, 1.82) is 0 Å². The first kappa shape index (κ1) is 15.1. The van der Waals surface area contributed by atoms with E-state index in [1.165, 1.54) is 0 Å². The number of nitrogens with two attached hydrogens (primary N) is 1. The van der Waals surface area contributed by atoms with Crippen LogP contribution in [0.4, 0.5) is 0 Å². The van der Waals surface area contributed by atoms with Crippen LogP contribution >= 0.6 is 0 Å². The van der Waals surface area contributed by atoms with E-state index in [1.807, 2.05) is 4.90 Å². The molecule has 1 heterocycles. The summed E-state index contributed by atoms with van der Waals surface area (Å²) in [5.74, 6) is 0.710. The molecule has 1 unspecified atom stereocenters. The molecule has 0 aromatic heterocycles. The summed E-state index contributed by atoms with van der Waals surface area (Å²) < 4.78 is 0. The van der Waals surface area contributed by atoms with Crippen LogP contribution in [0.2, 0.25) is 0 Å². The molecule has 6 heteroatoms. The monoisotopic (exact) mass is 283 g/mol. The quantitative estimate of drug-likeness (QED) is 0.308. The Morgan fingerprint density at radius 1 is 1.40 bits per heavy atom. The van der Waals surface area contributed by atoms with Crippen molar-refractivity contribution >= 4 is 11.7 Å². The first-order valence-corrected chi connectivity index (χ1v) is 7.36. The van der Waals surface area contributed by atoms with Crippen LogP contribution in [0, 0.1) is 17.3 Å². The van der Waals surface area contributed by atoms with Gasteiger partial charge >= 0.3 is 0 Å². The molecule has 1 saturated heterocycles. The van der Waals surface area contributed by atoms with Crippen LogP contribution in [0.5, 0.6) is 0 Å². The lowest BCUT2D eigenvalue weighted by molar-refractivity contribution is -0.146. The van der Waals surface area contributed by atoms with Crippen molar-refractivity contribution in [2.75, 3.05) is 13.1 Å². The van der Waals surface area contributed by atoms with E-state index in [1.54, 1.807) is 6.92 Å². The number of hydrogen-bond donors (Lipinski definition) is 3. The third-order valence-corrected chi connectivity index (χ3v) is 4.91. The molecular formula is C14H25N3O3. The summed E-state index contributed by atoms with van der Waals surface area (Å²) in [7, 11) is 0. The third-order valence-electron chi connectivity index (χ3n) is 4.91. The van der Waals surface area contributed by atoms with Gasteiger partial charge in [0.05, 0.1) is 6.10 Å². The van der Waals surface area contributed by atoms with Crippen molar-refractivity contribution in [1.82, 2.24) is 4.90 Å². The summed E-state index contributed by atoms with van der Waals surface area (Å²) in [5, 5.41) is 21.6. The Morgan fingerprint density at radius 3 is 2.35 bits per heavy atom. The number of carbonyl (C=O) groups is 1. The number of aliphatic hydroxyl groups excluding tert-OH is 1. The van der Waals surface area contributed by atoms with Gasteiger partial charge in [0, 0.05) is 13.1 Å². The Kier molecular flexibility index (Phi) is 4.22. The number of hydrogen-bond acceptors (Lipinski definition) is 4. The number of likely N-dealkylation sites (tertiary alicyclic amines) is 1. The molecule has 1 saturated carbocycles. The molecule has 2 fully saturated rings. The van der Waals surface area contributed by atoms with Crippen molar-refractivity contribution in [3.05, 3.63) is 0 Å². The minimum Gasteiger partial charge on any atom is -0.409 e. The number of amidine groups is 1. The van der Waals surface area contributed by atoms with Gasteiger partial charge in [0.15, 0.2) is 5.84 Å². The van der Waals surface area contributed by atoms with E-state index < -0.39 is 5.41 Å². The number of aliphatic hydroxyl groups is 1. The number of oxime groups is 1. The zero-order valence-electron chi connectivity index (χ0n) is 12.2. The van der Waals surface area contributed by atoms with Gasteiger partial charge in [0.2, 0.25) is 5.91 Å². The lowest BCUT2D eigenvalue weighted by atomic mass is 9.61. The number of nitrogens with zero attached hydrogens (tertiary/aromatic N) is 2. The maximum absolute atomic E-state index is 12.7. The number of amides is 1. The Hall–Kier alpha value is -1.30. The molecule has 2 aliphatic rings. The largest absolute Gasteiger partial charge is 0.409 e. The van der Waals surface area contributed by atoms with E-state index in [0.717, 1.165) is 12.8 Å². The van der Waals surface area contributed by atoms with Gasteiger partial charge < -0.3 is 20.9 Å². The van der Waals surface area contributed by atoms with Gasteiger partial charge in [-0.1, -0.05) is 12.1 Å². The predicted molar refractivity (Wildman–Crippen MR) is 75.2 cm³/mol. The highest BCUT2D eigenvalue weighted by molar-refractivity contribution is 6.07. The first-order chi connectivity index (χ1) is 9.40. The topological polar surface area (TPSA) is 99.2 Å². The fourth-order valence-corrected chi connectivity index (χ4v) is 3.61. The maximum Gasteiger partial charge on any atom is 0.236 e. The van der Waals surface area contributed by atoms with Gasteiger partial charge in [-0.15, -0.1) is 0 Å². The molecule has 1 aliphatic carbocycles. The summed E-state index contributed by atoms with van der Waals surface area (Å²) in [6.45, 7) is 5.15. The fourth-order valence-electron chi connectivity index (χ4n) is 3.61. The standard InChI is InChI=1S/C14H25N3O3/c1-9-7-14(8-9,12(15)16-20)13(19)17-5-3-11(4-6-17)10(2)18/h9-11,18,20H,3-8H2,1-2H3,(H2,15,16). The highest BCUT2D eigenvalue weighted by Crippen LogP contribution is 2.47. The Bertz CT molecular complexity index is 394. The van der Waals surface area contributed by atoms with Crippen molar-refractivity contribution in [3.63, 3.8) is 0 Å². The average molecular weight is 283 g/mol. The minimum atomic E-state index is -0.800. The molecule has 1 amide bonds. The molecule has 0 radical (unpaired) electrons. The molecule has 1 aliphatic heterocycles. The van der Waals surface area contributed by atoms with Crippen LogP contribution in [0.1, 0.15) is 39.5 Å². The highest BCUT2D eigenvalue weighted by atomic mass is 16.4. The van der Waals surface area contributed by atoms with Crippen LogP contribution in [-0.4, -0.2) is 46.1 Å². The van der Waals surface area contributed by atoms with Gasteiger partial charge in [-0.3, -0.25) is 4.79 Å². The third kappa shape index (κ3) is 2.49. The summed E-state index contributed by atoms with van der Waals surface area (Å²) in [4.78, 5) is 14.5. The minimum absolute atomic E-state index is 0.0186. The van der Waals surface area contributed by atoms with Crippen LogP contribution in [0.3, 0.4) is 0 Å². The van der Waals surface area contributed by atoms with Gasteiger partial charge in [-0.25, -0.2) is 0 Å². The molecular weight excluding hydrogens is 258 g/mol. The Morgan fingerprint density at radius 2 is 1.95 bits per heavy atom. The van der Waals surface area contributed by atoms with E-state index in [9.17, 15) is 9.90 Å². The number of piperidine rings is 1. The van der Waals surface area contributed by atoms with Crippen LogP contribution in [0.15, 0.2) is 5.16 Å². The van der Waals surface area contributed by atoms with Gasteiger partial charge in [0.25, 0.3) is 0 Å². The van der Waals surface area contributed by atoms with E-state index in [-0.39, 0.29) is 23.8 Å². The smallest absolute Gasteiger partial charge is 0.236 e. The molecule has 0 aromatic rings. The molecule has 6 nitrogen and oxygen atoms in total. The lowest BCUT2D eigenvalue weighted by Gasteiger charge is -2.47. The Labute approximate surface area is 119 Å². The second kappa shape index (κ2) is 5.60. The molecule has 0 bridgehead atoms. The molecule has 2 rings (SSSR count). The van der Waals surface area contributed by atoms with Gasteiger partial charge in [0.1, 0.15) is 5.41 Å². The van der Waals surface area contributed by atoms with E-state index >= 15 is 0 Å². The second-order valence-electron chi connectivity index (χ2n) is 6.45. The van der Waals surface area contributed by atoms with Crippen molar-refractivity contribution in [3.8, 4) is 0 Å². The average Bonchev–Trinajstić information content (AvgIpc) is 2.42. The fraction of sp³-hybridized carbons (Fsp3) is 0.857. The van der Waals surface area contributed by atoms with E-state index in [0.29, 0.717) is 31.8 Å².